The molecular formula is C33H29F2N5O8. The van der Waals surface area contributed by atoms with Crippen LogP contribution in [0.2, 0.25) is 0 Å². The number of likely N-dealkylation sites (N-methyl/N-ethyl adjacent to an activating group) is 1. The third-order valence-electron chi connectivity index (χ3n) is 6.96. The van der Waals surface area contributed by atoms with Crippen LogP contribution >= 0.6 is 0 Å². The molecule has 0 saturated carbocycles. The molecule has 0 fully saturated rings. The van der Waals surface area contributed by atoms with Crippen LogP contribution in [0.1, 0.15) is 16.7 Å². The normalized spacial score (nSPS) is 12.5. The molecule has 0 amide bonds. The minimum absolute atomic E-state index is 0.0270. The van der Waals surface area contributed by atoms with Crippen molar-refractivity contribution in [1.82, 2.24) is 9.88 Å². The first-order valence-electron chi connectivity index (χ1n) is 14.1. The maximum Gasteiger partial charge on any atom is 0.328 e. The van der Waals surface area contributed by atoms with Crippen LogP contribution in [-0.2, 0) is 4.79 Å². The number of pyridine rings is 1. The number of aliphatic imine (C=N–C) groups is 1. The van der Waals surface area contributed by atoms with E-state index in [1.165, 1.54) is 50.6 Å². The largest absolute Gasteiger partial charge is 0.504 e. The van der Waals surface area contributed by atoms with Crippen LogP contribution in [0.25, 0.3) is 6.08 Å². The number of methoxy groups -OCH3 is 2. The molecular weight excluding hydrogens is 632 g/mol. The van der Waals surface area contributed by atoms with Gasteiger partial charge in [0.1, 0.15) is 17.4 Å². The minimum atomic E-state index is -1.46. The van der Waals surface area contributed by atoms with Gasteiger partial charge >= 0.3 is 5.97 Å². The van der Waals surface area contributed by atoms with Gasteiger partial charge in [0, 0.05) is 36.4 Å². The van der Waals surface area contributed by atoms with E-state index in [0.717, 1.165) is 12.1 Å². The molecule has 5 N–H and O–H groups in total. The van der Waals surface area contributed by atoms with Gasteiger partial charge < -0.3 is 44.5 Å². The summed E-state index contributed by atoms with van der Waals surface area (Å²) in [7, 11) is 4.39. The highest BCUT2D eigenvalue weighted by Crippen LogP contribution is 2.47. The molecule has 5 rings (SSSR count). The zero-order chi connectivity index (χ0) is 34.5. The first-order chi connectivity index (χ1) is 23.0. The van der Waals surface area contributed by atoms with Gasteiger partial charge in [-0.05, 0) is 48.5 Å². The number of carboxylic acids is 1. The zero-order valence-electron chi connectivity index (χ0n) is 25.8. The second kappa shape index (κ2) is 13.9. The highest BCUT2D eigenvalue weighted by Gasteiger charge is 2.29. The third-order valence-corrected chi connectivity index (χ3v) is 6.96. The number of nitrogens with two attached hydrogens (primary N) is 1. The number of hydrogen-bond acceptors (Lipinski definition) is 11. The molecule has 4 aromatic rings. The van der Waals surface area contributed by atoms with Crippen LogP contribution in [0, 0.1) is 17.0 Å². The number of ether oxygens (including phenoxy) is 5. The fraction of sp³-hybridized carbons (Fsp3) is 0.152. The summed E-state index contributed by atoms with van der Waals surface area (Å²) >= 11 is 0. The molecule has 48 heavy (non-hydrogen) atoms. The van der Waals surface area contributed by atoms with Crippen LogP contribution < -0.4 is 29.4 Å². The molecule has 248 valence electrons. The lowest BCUT2D eigenvalue weighted by Crippen LogP contribution is -2.23. The summed E-state index contributed by atoms with van der Waals surface area (Å²) < 4.78 is 60.4. The molecule has 1 aliphatic rings. The molecule has 3 aromatic carbocycles. The SMILES string of the molecule is COc1ccc(/C=C/C(=O)O)c(OC)c1Oc1c(F)c(Oc2cccc(C3=NCCN3C)c2)nc(Oc2cc(C(=N)N)ccc2O)c1F. The predicted octanol–water partition coefficient (Wildman–Crippen LogP) is 5.53. The number of amidine groups is 2. The number of halogens is 2. The monoisotopic (exact) mass is 661 g/mol. The van der Waals surface area contributed by atoms with Crippen molar-refractivity contribution < 1.29 is 47.5 Å². The zero-order valence-corrected chi connectivity index (χ0v) is 25.8. The lowest BCUT2D eigenvalue weighted by Gasteiger charge is -2.19. The highest BCUT2D eigenvalue weighted by molar-refractivity contribution is 6.00. The summed E-state index contributed by atoms with van der Waals surface area (Å²) in [6, 6.07) is 13.1. The van der Waals surface area contributed by atoms with E-state index < -0.39 is 40.9 Å². The maximum absolute atomic E-state index is 16.3. The van der Waals surface area contributed by atoms with Crippen LogP contribution in [0.15, 0.2) is 65.7 Å². The smallest absolute Gasteiger partial charge is 0.328 e. The van der Waals surface area contributed by atoms with E-state index in [4.69, 9.17) is 39.9 Å². The Bertz CT molecular complexity index is 1970. The topological polar surface area (TPSA) is 182 Å². The number of aliphatic carboxylic acids is 1. The Morgan fingerprint density at radius 2 is 1.71 bits per heavy atom. The number of nitrogens with zero attached hydrogens (tertiary/aromatic N) is 3. The van der Waals surface area contributed by atoms with Gasteiger partial charge in [0.05, 0.1) is 20.8 Å². The van der Waals surface area contributed by atoms with E-state index in [2.05, 4.69) is 9.98 Å². The van der Waals surface area contributed by atoms with Crippen molar-refractivity contribution in [3.8, 4) is 52.0 Å². The summed E-state index contributed by atoms with van der Waals surface area (Å²) in [6.07, 6.45) is 2.03. The number of phenolic OH excluding ortho intramolecular Hbond substituents is 1. The van der Waals surface area contributed by atoms with E-state index in [-0.39, 0.29) is 45.7 Å². The van der Waals surface area contributed by atoms with Gasteiger partial charge in [0.2, 0.25) is 23.1 Å². The number of carboxylic acid groups (broad SMARTS) is 1. The van der Waals surface area contributed by atoms with Gasteiger partial charge in [0.25, 0.3) is 11.8 Å². The van der Waals surface area contributed by atoms with E-state index in [1.54, 1.807) is 18.2 Å². The summed E-state index contributed by atoms with van der Waals surface area (Å²) in [5.74, 6) is -7.68. The van der Waals surface area contributed by atoms with Gasteiger partial charge in [-0.15, -0.1) is 0 Å². The molecule has 13 nitrogen and oxygen atoms in total. The number of phenols is 1. The number of carbonyl (C=O) groups is 1. The molecule has 0 saturated heterocycles. The van der Waals surface area contributed by atoms with Gasteiger partial charge in [-0.2, -0.15) is 13.8 Å². The van der Waals surface area contributed by atoms with Gasteiger partial charge in [-0.1, -0.05) is 12.1 Å². The number of benzene rings is 3. The number of hydrogen-bond donors (Lipinski definition) is 4. The molecule has 1 aromatic heterocycles. The molecule has 15 heteroatoms. The molecule has 2 heterocycles. The summed E-state index contributed by atoms with van der Waals surface area (Å²) in [6.45, 7) is 1.32. The second-order valence-corrected chi connectivity index (χ2v) is 10.1. The van der Waals surface area contributed by atoms with Crippen molar-refractivity contribution in [1.29, 1.82) is 5.41 Å². The van der Waals surface area contributed by atoms with E-state index in [9.17, 15) is 9.90 Å². The quantitative estimate of drug-likeness (QED) is 0.0851. The molecule has 0 unspecified atom stereocenters. The Labute approximate surface area is 272 Å². The Kier molecular flexibility index (Phi) is 9.59. The van der Waals surface area contributed by atoms with Crippen LogP contribution in [0.4, 0.5) is 8.78 Å². The van der Waals surface area contributed by atoms with Crippen LogP contribution in [0.5, 0.6) is 52.0 Å². The van der Waals surface area contributed by atoms with Crippen LogP contribution in [-0.4, -0.2) is 72.1 Å². The van der Waals surface area contributed by atoms with Crippen molar-refractivity contribution in [2.75, 3.05) is 34.4 Å². The first-order valence-corrected chi connectivity index (χ1v) is 14.1. The van der Waals surface area contributed by atoms with Gasteiger partial charge in [-0.3, -0.25) is 10.4 Å². The van der Waals surface area contributed by atoms with Gasteiger partial charge in [-0.25, -0.2) is 4.79 Å². The first kappa shape index (κ1) is 33.0. The molecule has 1 aliphatic heterocycles. The van der Waals surface area contributed by atoms with E-state index in [0.29, 0.717) is 24.5 Å². The van der Waals surface area contributed by atoms with Crippen molar-refractivity contribution >= 4 is 23.7 Å². The lowest BCUT2D eigenvalue weighted by atomic mass is 10.1. The number of aromatic nitrogens is 1. The summed E-state index contributed by atoms with van der Waals surface area (Å²) in [4.78, 5) is 21.5. The molecule has 0 aliphatic carbocycles. The third kappa shape index (κ3) is 6.89. The van der Waals surface area contributed by atoms with Crippen molar-refractivity contribution in [2.45, 2.75) is 0 Å². The van der Waals surface area contributed by atoms with Crippen LogP contribution in [0.3, 0.4) is 0 Å². The number of aromatic hydroxyl groups is 1. The number of rotatable bonds is 12. The summed E-state index contributed by atoms with van der Waals surface area (Å²) in [5.41, 5.74) is 6.55. The predicted molar refractivity (Wildman–Crippen MR) is 170 cm³/mol. The average Bonchev–Trinajstić information content (AvgIpc) is 3.50. The Balaban J connectivity index is 1.65. The van der Waals surface area contributed by atoms with E-state index >= 15 is 8.78 Å². The maximum atomic E-state index is 16.3. The average molecular weight is 662 g/mol. The van der Waals surface area contributed by atoms with Gasteiger partial charge in [0.15, 0.2) is 23.0 Å². The second-order valence-electron chi connectivity index (χ2n) is 10.1. The number of nitrogens with one attached hydrogen (secondary N) is 1. The molecule has 0 spiro atoms. The standard InChI is InChI=1S/C33H29F2N5O8/c1-40-14-13-38-31(40)19-5-4-6-20(15-19)46-32-25(34)29(26(35)33(39-32)47-23-16-18(30(36)37)7-10-21(23)41)48-28-22(44-2)11-8-17(27(28)45-3)9-12-24(42)43/h4-12,15-16,41H,13-14H2,1-3H3,(H3,36,37)(H,42,43)/b12-9+. The lowest BCUT2D eigenvalue weighted by molar-refractivity contribution is -0.131. The van der Waals surface area contributed by atoms with Crippen molar-refractivity contribution in [2.24, 2.45) is 10.7 Å². The minimum Gasteiger partial charge on any atom is -0.504 e. The van der Waals surface area contributed by atoms with Crippen molar-refractivity contribution in [3.63, 3.8) is 0 Å². The number of nitrogen functional groups attached to an aromatic ring is 1. The highest BCUT2D eigenvalue weighted by atomic mass is 19.1. The molecule has 0 bridgehead atoms. The molecule has 0 atom stereocenters. The Morgan fingerprint density at radius 3 is 2.35 bits per heavy atom. The Morgan fingerprint density at radius 1 is 0.958 bits per heavy atom. The van der Waals surface area contributed by atoms with Crippen molar-refractivity contribution in [3.05, 3.63) is 89.0 Å². The summed E-state index contributed by atoms with van der Waals surface area (Å²) in [5, 5.41) is 27.2. The fourth-order valence-electron chi connectivity index (χ4n) is 4.65. The Hall–Kier alpha value is -6.38. The van der Waals surface area contributed by atoms with E-state index in [1.807, 2.05) is 11.9 Å². The fourth-order valence-corrected chi connectivity index (χ4v) is 4.65. The molecule has 0 radical (unpaired) electrons.